The summed E-state index contributed by atoms with van der Waals surface area (Å²) in [5.74, 6) is -0.310. The van der Waals surface area contributed by atoms with Gasteiger partial charge in [0.15, 0.2) is 15.6 Å². The molecule has 4 unspecified atom stereocenters. The topological polar surface area (TPSA) is 51.2 Å². The van der Waals surface area contributed by atoms with E-state index in [2.05, 4.69) is 13.0 Å². The molecule has 0 radical (unpaired) electrons. The van der Waals surface area contributed by atoms with E-state index in [0.717, 1.165) is 12.8 Å². The van der Waals surface area contributed by atoms with Crippen molar-refractivity contribution >= 4 is 15.6 Å². The van der Waals surface area contributed by atoms with E-state index in [9.17, 15) is 13.2 Å². The fraction of sp³-hybridized carbons (Fsp3) is 0.550. The van der Waals surface area contributed by atoms with E-state index < -0.39 is 15.1 Å². The number of rotatable bonds is 1. The maximum absolute atomic E-state index is 13.1. The Morgan fingerprint density at radius 1 is 1.08 bits per heavy atom. The SMILES string of the molecule is CC1(C23C=C2CC3)CCC2C(=O)c3ccccc3S(=O)(=O)C2CC1. The highest BCUT2D eigenvalue weighted by atomic mass is 32.2. The van der Waals surface area contributed by atoms with Crippen molar-refractivity contribution in [1.82, 2.24) is 0 Å². The van der Waals surface area contributed by atoms with Crippen LogP contribution in [0.2, 0.25) is 0 Å². The molecule has 3 nitrogen and oxygen atoms in total. The van der Waals surface area contributed by atoms with Crippen LogP contribution in [0.3, 0.4) is 0 Å². The van der Waals surface area contributed by atoms with Crippen molar-refractivity contribution in [2.45, 2.75) is 55.6 Å². The maximum atomic E-state index is 13.1. The molecule has 0 spiro atoms. The molecule has 4 heteroatoms. The number of sulfone groups is 1. The Morgan fingerprint density at radius 2 is 1.83 bits per heavy atom. The lowest BCUT2D eigenvalue weighted by molar-refractivity contribution is 0.0877. The summed E-state index contributed by atoms with van der Waals surface area (Å²) in [5.41, 5.74) is 2.40. The van der Waals surface area contributed by atoms with Crippen LogP contribution in [0.15, 0.2) is 40.8 Å². The van der Waals surface area contributed by atoms with E-state index in [1.54, 1.807) is 29.8 Å². The molecular formula is C20H22O3S. The van der Waals surface area contributed by atoms with Crippen molar-refractivity contribution in [3.8, 4) is 0 Å². The second kappa shape index (κ2) is 4.40. The average Bonchev–Trinajstić information content (AvgIpc) is 3.16. The molecule has 4 atom stereocenters. The third-order valence-electron chi connectivity index (χ3n) is 7.41. The minimum absolute atomic E-state index is 0.0461. The summed E-state index contributed by atoms with van der Waals surface area (Å²) in [4.78, 5) is 13.2. The predicted octanol–water partition coefficient (Wildman–Crippen LogP) is 3.94. The summed E-state index contributed by atoms with van der Waals surface area (Å²) in [5, 5.41) is -0.527. The second-order valence-electron chi connectivity index (χ2n) is 8.33. The minimum atomic E-state index is -3.41. The highest BCUT2D eigenvalue weighted by Crippen LogP contribution is 2.72. The van der Waals surface area contributed by atoms with Gasteiger partial charge in [0.05, 0.1) is 10.1 Å². The molecule has 1 heterocycles. The quantitative estimate of drug-likeness (QED) is 0.726. The molecule has 1 aromatic carbocycles. The smallest absolute Gasteiger partial charge is 0.182 e. The highest BCUT2D eigenvalue weighted by Gasteiger charge is 2.63. The zero-order valence-corrected chi connectivity index (χ0v) is 14.7. The first-order valence-corrected chi connectivity index (χ1v) is 10.5. The third kappa shape index (κ3) is 1.63. The molecule has 5 rings (SSSR count). The van der Waals surface area contributed by atoms with Crippen molar-refractivity contribution in [2.24, 2.45) is 16.7 Å². The number of Topliss-reactive ketones (excluding diaryl/α,β-unsaturated/α-hetero) is 1. The lowest BCUT2D eigenvalue weighted by Crippen LogP contribution is -2.39. The Kier molecular flexibility index (Phi) is 2.73. The molecule has 24 heavy (non-hydrogen) atoms. The standard InChI is InChI=1S/C20H22O3S/c1-19(20-11-6-13(20)12-20)9-7-15-17(8-10-19)24(22,23)16-5-3-2-4-14(16)18(15)21/h2-5,12,15,17H,6-11H2,1H3. The van der Waals surface area contributed by atoms with E-state index in [1.165, 1.54) is 12.8 Å². The van der Waals surface area contributed by atoms with Crippen LogP contribution in [0.5, 0.6) is 0 Å². The van der Waals surface area contributed by atoms with Gasteiger partial charge in [0.2, 0.25) is 0 Å². The number of carbonyl (C=O) groups is 1. The largest absolute Gasteiger partial charge is 0.294 e. The van der Waals surface area contributed by atoms with Gasteiger partial charge in [0.1, 0.15) is 0 Å². The zero-order chi connectivity index (χ0) is 16.7. The summed E-state index contributed by atoms with van der Waals surface area (Å²) in [7, 11) is -3.41. The van der Waals surface area contributed by atoms with Crippen molar-refractivity contribution in [3.63, 3.8) is 0 Å². The first-order valence-electron chi connectivity index (χ1n) is 8.98. The minimum Gasteiger partial charge on any atom is -0.294 e. The van der Waals surface area contributed by atoms with Crippen LogP contribution in [0.25, 0.3) is 0 Å². The fourth-order valence-electron chi connectivity index (χ4n) is 5.65. The van der Waals surface area contributed by atoms with Gasteiger partial charge < -0.3 is 0 Å². The Balaban J connectivity index is 1.54. The van der Waals surface area contributed by atoms with E-state index >= 15 is 0 Å². The molecule has 0 bridgehead atoms. The monoisotopic (exact) mass is 342 g/mol. The molecular weight excluding hydrogens is 320 g/mol. The number of allylic oxidation sites excluding steroid dienone is 2. The van der Waals surface area contributed by atoms with Gasteiger partial charge in [-0.05, 0) is 50.0 Å². The fourth-order valence-corrected chi connectivity index (χ4v) is 7.84. The first kappa shape index (κ1) is 14.9. The molecule has 0 saturated heterocycles. The van der Waals surface area contributed by atoms with Crippen LogP contribution in [0, 0.1) is 16.7 Å². The van der Waals surface area contributed by atoms with Crippen LogP contribution in [-0.2, 0) is 9.84 Å². The molecule has 4 aliphatic rings. The summed E-state index contributed by atoms with van der Waals surface area (Å²) in [6, 6.07) is 6.77. The van der Waals surface area contributed by atoms with E-state index in [-0.39, 0.29) is 27.4 Å². The van der Waals surface area contributed by atoms with Crippen molar-refractivity contribution < 1.29 is 13.2 Å². The van der Waals surface area contributed by atoms with Crippen molar-refractivity contribution in [2.75, 3.05) is 0 Å². The van der Waals surface area contributed by atoms with E-state index in [4.69, 9.17) is 0 Å². The summed E-state index contributed by atoms with van der Waals surface area (Å²) in [6.07, 6.45) is 8.02. The van der Waals surface area contributed by atoms with Crippen LogP contribution in [-0.4, -0.2) is 19.5 Å². The van der Waals surface area contributed by atoms with Crippen LogP contribution < -0.4 is 0 Å². The molecule has 126 valence electrons. The molecule has 1 aromatic rings. The molecule has 3 aliphatic carbocycles. The zero-order valence-electron chi connectivity index (χ0n) is 13.9. The molecule has 2 saturated carbocycles. The van der Waals surface area contributed by atoms with Gasteiger partial charge in [-0.25, -0.2) is 8.42 Å². The Bertz CT molecular complexity index is 897. The van der Waals surface area contributed by atoms with Crippen molar-refractivity contribution in [3.05, 3.63) is 41.5 Å². The van der Waals surface area contributed by atoms with Gasteiger partial charge in [0, 0.05) is 16.9 Å². The number of carbonyl (C=O) groups excluding carboxylic acids is 1. The first-order chi connectivity index (χ1) is 11.4. The van der Waals surface area contributed by atoms with Crippen LogP contribution >= 0.6 is 0 Å². The Morgan fingerprint density at radius 3 is 2.50 bits per heavy atom. The number of hydrogen-bond donors (Lipinski definition) is 0. The van der Waals surface area contributed by atoms with Gasteiger partial charge in [0.25, 0.3) is 0 Å². The van der Waals surface area contributed by atoms with E-state index in [1.807, 2.05) is 0 Å². The van der Waals surface area contributed by atoms with Crippen molar-refractivity contribution in [1.29, 1.82) is 0 Å². The lowest BCUT2D eigenvalue weighted by atomic mass is 9.59. The second-order valence-corrected chi connectivity index (χ2v) is 10.5. The predicted molar refractivity (Wildman–Crippen MR) is 91.6 cm³/mol. The van der Waals surface area contributed by atoms with Gasteiger partial charge in [-0.2, -0.15) is 0 Å². The van der Waals surface area contributed by atoms with Gasteiger partial charge in [-0.3, -0.25) is 4.79 Å². The van der Waals surface area contributed by atoms with E-state index in [0.29, 0.717) is 18.4 Å². The van der Waals surface area contributed by atoms with Gasteiger partial charge in [-0.15, -0.1) is 0 Å². The number of fused-ring (bicyclic) bond motifs is 3. The average molecular weight is 342 g/mol. The molecule has 1 aliphatic heterocycles. The molecule has 0 amide bonds. The number of benzene rings is 1. The summed E-state index contributed by atoms with van der Waals surface area (Å²) >= 11 is 0. The number of ketones is 1. The van der Waals surface area contributed by atoms with Crippen LogP contribution in [0.1, 0.15) is 55.8 Å². The third-order valence-corrected chi connectivity index (χ3v) is 9.74. The molecule has 0 aromatic heterocycles. The Labute approximate surface area is 143 Å². The van der Waals surface area contributed by atoms with Gasteiger partial charge in [-0.1, -0.05) is 36.8 Å². The molecule has 2 fully saturated rings. The highest BCUT2D eigenvalue weighted by molar-refractivity contribution is 7.92. The van der Waals surface area contributed by atoms with Gasteiger partial charge >= 0.3 is 0 Å². The lowest BCUT2D eigenvalue weighted by Gasteiger charge is -2.44. The maximum Gasteiger partial charge on any atom is 0.182 e. The van der Waals surface area contributed by atoms with Crippen LogP contribution in [0.4, 0.5) is 0 Å². The Hall–Kier alpha value is -1.42. The normalized spacial score (nSPS) is 41.9. The summed E-state index contributed by atoms with van der Waals surface area (Å²) < 4.78 is 26.3. The summed E-state index contributed by atoms with van der Waals surface area (Å²) in [6.45, 7) is 2.32. The molecule has 0 N–H and O–H groups in total. The number of hydrogen-bond acceptors (Lipinski definition) is 3.